The minimum atomic E-state index is -0.0879. The molecule has 0 aliphatic heterocycles. The molecule has 104 valence electrons. The Hall–Kier alpha value is -1.62. The van der Waals surface area contributed by atoms with Crippen LogP contribution in [-0.2, 0) is 6.54 Å². The normalized spacial score (nSPS) is 10.3. The van der Waals surface area contributed by atoms with Crippen molar-refractivity contribution in [3.63, 3.8) is 0 Å². The summed E-state index contributed by atoms with van der Waals surface area (Å²) in [7, 11) is 0. The van der Waals surface area contributed by atoms with Crippen LogP contribution in [-0.4, -0.2) is 28.5 Å². The lowest BCUT2D eigenvalue weighted by Crippen LogP contribution is -2.44. The summed E-state index contributed by atoms with van der Waals surface area (Å²) in [5.74, 6) is 0. The summed E-state index contributed by atoms with van der Waals surface area (Å²) in [6.45, 7) is 5.02. The number of benzene rings is 1. The zero-order valence-corrected chi connectivity index (χ0v) is 12.2. The van der Waals surface area contributed by atoms with Crippen molar-refractivity contribution in [1.29, 1.82) is 0 Å². The van der Waals surface area contributed by atoms with E-state index in [9.17, 15) is 4.79 Å². The standard InChI is InChI=1S/C14H21N3OS/c1-11(2)17(9-8-13(15)19)14(18)16-10-12-6-4-3-5-7-12/h3-7,11H,8-10H2,1-2H3,(H2,15,19)(H,16,18). The molecule has 0 radical (unpaired) electrons. The van der Waals surface area contributed by atoms with Gasteiger partial charge in [-0.25, -0.2) is 4.79 Å². The third-order valence-electron chi connectivity index (χ3n) is 2.77. The predicted molar refractivity (Wildman–Crippen MR) is 81.9 cm³/mol. The summed E-state index contributed by atoms with van der Waals surface area (Å²) in [6.07, 6.45) is 0.548. The maximum atomic E-state index is 12.1. The number of carbonyl (C=O) groups excluding carboxylic acids is 1. The number of rotatable bonds is 6. The van der Waals surface area contributed by atoms with E-state index in [2.05, 4.69) is 5.32 Å². The van der Waals surface area contributed by atoms with E-state index in [0.29, 0.717) is 24.5 Å². The third kappa shape index (κ3) is 5.70. The monoisotopic (exact) mass is 279 g/mol. The van der Waals surface area contributed by atoms with E-state index in [4.69, 9.17) is 18.0 Å². The Balaban J connectivity index is 2.50. The summed E-state index contributed by atoms with van der Waals surface area (Å²) in [5.41, 5.74) is 6.56. The first-order valence-electron chi connectivity index (χ1n) is 6.37. The first-order valence-corrected chi connectivity index (χ1v) is 6.78. The highest BCUT2D eigenvalue weighted by molar-refractivity contribution is 7.80. The molecule has 19 heavy (non-hydrogen) atoms. The lowest BCUT2D eigenvalue weighted by Gasteiger charge is -2.26. The van der Waals surface area contributed by atoms with E-state index in [1.54, 1.807) is 4.90 Å². The van der Waals surface area contributed by atoms with Crippen LogP contribution < -0.4 is 11.1 Å². The van der Waals surface area contributed by atoms with Crippen molar-refractivity contribution in [1.82, 2.24) is 10.2 Å². The van der Waals surface area contributed by atoms with E-state index in [-0.39, 0.29) is 12.1 Å². The van der Waals surface area contributed by atoms with Crippen LogP contribution in [0.4, 0.5) is 4.79 Å². The van der Waals surface area contributed by atoms with Crippen molar-refractivity contribution in [2.75, 3.05) is 6.54 Å². The molecule has 0 fully saturated rings. The molecule has 0 heterocycles. The fourth-order valence-electron chi connectivity index (χ4n) is 1.70. The zero-order valence-electron chi connectivity index (χ0n) is 11.4. The highest BCUT2D eigenvalue weighted by Crippen LogP contribution is 2.03. The number of hydrogen-bond acceptors (Lipinski definition) is 2. The second-order valence-electron chi connectivity index (χ2n) is 4.65. The molecule has 1 aromatic rings. The van der Waals surface area contributed by atoms with Crippen molar-refractivity contribution < 1.29 is 4.79 Å². The highest BCUT2D eigenvalue weighted by Gasteiger charge is 2.16. The van der Waals surface area contributed by atoms with E-state index < -0.39 is 0 Å². The van der Waals surface area contributed by atoms with Gasteiger partial charge in [-0.05, 0) is 19.4 Å². The Labute approximate surface area is 120 Å². The van der Waals surface area contributed by atoms with E-state index >= 15 is 0 Å². The Bertz CT molecular complexity index is 420. The Kier molecular flexibility index (Phi) is 6.29. The first-order chi connectivity index (χ1) is 9.00. The van der Waals surface area contributed by atoms with Gasteiger partial charge in [0.25, 0.3) is 0 Å². The highest BCUT2D eigenvalue weighted by atomic mass is 32.1. The van der Waals surface area contributed by atoms with E-state index in [1.165, 1.54) is 0 Å². The summed E-state index contributed by atoms with van der Waals surface area (Å²) in [6, 6.07) is 9.85. The fourth-order valence-corrected chi connectivity index (χ4v) is 1.79. The molecule has 0 spiro atoms. The molecule has 0 aliphatic carbocycles. The smallest absolute Gasteiger partial charge is 0.317 e. The van der Waals surface area contributed by atoms with Crippen LogP contribution in [0, 0.1) is 0 Å². The third-order valence-corrected chi connectivity index (χ3v) is 2.97. The Morgan fingerprint density at radius 1 is 1.37 bits per heavy atom. The summed E-state index contributed by atoms with van der Waals surface area (Å²) in [4.78, 5) is 14.3. The van der Waals surface area contributed by atoms with Crippen LogP contribution in [0.5, 0.6) is 0 Å². The predicted octanol–water partition coefficient (Wildman–Crippen LogP) is 2.28. The van der Waals surface area contributed by atoms with Gasteiger partial charge >= 0.3 is 6.03 Å². The number of nitrogens with one attached hydrogen (secondary N) is 1. The SMILES string of the molecule is CC(C)N(CCC(N)=S)C(=O)NCc1ccccc1. The number of amides is 2. The van der Waals surface area contributed by atoms with Gasteiger partial charge in [0.2, 0.25) is 0 Å². The van der Waals surface area contributed by atoms with Crippen molar-refractivity contribution >= 4 is 23.2 Å². The average Bonchev–Trinajstić information content (AvgIpc) is 2.37. The molecule has 0 saturated carbocycles. The quantitative estimate of drug-likeness (QED) is 0.785. The molecule has 0 aliphatic rings. The fraction of sp³-hybridized carbons (Fsp3) is 0.429. The maximum absolute atomic E-state index is 12.1. The van der Waals surface area contributed by atoms with Crippen LogP contribution in [0.1, 0.15) is 25.8 Å². The first kappa shape index (κ1) is 15.4. The van der Waals surface area contributed by atoms with Crippen molar-refractivity contribution in [3.8, 4) is 0 Å². The van der Waals surface area contributed by atoms with Crippen LogP contribution in [0.15, 0.2) is 30.3 Å². The molecule has 0 unspecified atom stereocenters. The summed E-state index contributed by atoms with van der Waals surface area (Å²) >= 11 is 4.85. The molecule has 0 saturated heterocycles. The van der Waals surface area contributed by atoms with Gasteiger partial charge in [-0.2, -0.15) is 0 Å². The van der Waals surface area contributed by atoms with Crippen molar-refractivity contribution in [3.05, 3.63) is 35.9 Å². The molecular weight excluding hydrogens is 258 g/mol. The second kappa shape index (κ2) is 7.74. The van der Waals surface area contributed by atoms with Crippen LogP contribution in [0.25, 0.3) is 0 Å². The molecule has 3 N–H and O–H groups in total. The van der Waals surface area contributed by atoms with Gasteiger partial charge in [0, 0.05) is 25.6 Å². The number of hydrogen-bond donors (Lipinski definition) is 2. The Morgan fingerprint density at radius 2 is 2.00 bits per heavy atom. The number of nitrogens with two attached hydrogens (primary N) is 1. The topological polar surface area (TPSA) is 58.4 Å². The summed E-state index contributed by atoms with van der Waals surface area (Å²) < 4.78 is 0. The second-order valence-corrected chi connectivity index (χ2v) is 5.17. The minimum Gasteiger partial charge on any atom is -0.393 e. The summed E-state index contributed by atoms with van der Waals surface area (Å²) in [5, 5.41) is 2.91. The zero-order chi connectivity index (χ0) is 14.3. The van der Waals surface area contributed by atoms with Crippen LogP contribution >= 0.6 is 12.2 Å². The molecule has 0 bridgehead atoms. The van der Waals surface area contributed by atoms with Crippen LogP contribution in [0.3, 0.4) is 0 Å². The largest absolute Gasteiger partial charge is 0.393 e. The average molecular weight is 279 g/mol. The number of nitrogens with zero attached hydrogens (tertiary/aromatic N) is 1. The van der Waals surface area contributed by atoms with Gasteiger partial charge in [-0.3, -0.25) is 0 Å². The molecule has 0 atom stereocenters. The molecule has 2 amide bonds. The molecule has 4 nitrogen and oxygen atoms in total. The number of carbonyl (C=O) groups is 1. The maximum Gasteiger partial charge on any atom is 0.317 e. The number of urea groups is 1. The van der Waals surface area contributed by atoms with Gasteiger partial charge < -0.3 is 16.0 Å². The van der Waals surface area contributed by atoms with Crippen LogP contribution in [0.2, 0.25) is 0 Å². The molecule has 5 heteroatoms. The van der Waals surface area contributed by atoms with E-state index in [1.807, 2.05) is 44.2 Å². The van der Waals surface area contributed by atoms with E-state index in [0.717, 1.165) is 5.56 Å². The lowest BCUT2D eigenvalue weighted by atomic mass is 10.2. The van der Waals surface area contributed by atoms with Gasteiger partial charge in [-0.1, -0.05) is 42.5 Å². The molecule has 1 aromatic carbocycles. The molecule has 0 aromatic heterocycles. The molecule has 1 rings (SSSR count). The van der Waals surface area contributed by atoms with Crippen molar-refractivity contribution in [2.45, 2.75) is 32.9 Å². The van der Waals surface area contributed by atoms with Gasteiger partial charge in [0.15, 0.2) is 0 Å². The Morgan fingerprint density at radius 3 is 2.53 bits per heavy atom. The molecular formula is C14H21N3OS. The van der Waals surface area contributed by atoms with Gasteiger partial charge in [-0.15, -0.1) is 0 Å². The minimum absolute atomic E-state index is 0.0879. The van der Waals surface area contributed by atoms with Gasteiger partial charge in [0.05, 0.1) is 4.99 Å². The van der Waals surface area contributed by atoms with Crippen molar-refractivity contribution in [2.24, 2.45) is 5.73 Å². The van der Waals surface area contributed by atoms with Gasteiger partial charge in [0.1, 0.15) is 0 Å². The lowest BCUT2D eigenvalue weighted by molar-refractivity contribution is 0.184. The number of thiocarbonyl (C=S) groups is 1.